The highest BCUT2D eigenvalue weighted by Gasteiger charge is 2.24. The predicted octanol–water partition coefficient (Wildman–Crippen LogP) is 3.52. The van der Waals surface area contributed by atoms with Gasteiger partial charge in [0.1, 0.15) is 30.1 Å². The number of aliphatic hydroxyl groups excluding tert-OH is 1. The first kappa shape index (κ1) is 18.7. The van der Waals surface area contributed by atoms with Gasteiger partial charge in [-0.2, -0.15) is 5.26 Å². The van der Waals surface area contributed by atoms with Gasteiger partial charge in [0.25, 0.3) is 0 Å². The van der Waals surface area contributed by atoms with Crippen molar-refractivity contribution in [3.8, 4) is 11.8 Å². The molecule has 5 heteroatoms. The van der Waals surface area contributed by atoms with Gasteiger partial charge >= 0.3 is 0 Å². The fourth-order valence-corrected chi connectivity index (χ4v) is 3.67. The van der Waals surface area contributed by atoms with Gasteiger partial charge in [0.15, 0.2) is 0 Å². The zero-order chi connectivity index (χ0) is 18.4. The molecule has 0 aliphatic carbocycles. The third kappa shape index (κ3) is 4.98. The fraction of sp³-hybridized carbons (Fsp3) is 0.381. The van der Waals surface area contributed by atoms with E-state index in [4.69, 9.17) is 21.6 Å². The van der Waals surface area contributed by atoms with Crippen LogP contribution in [-0.4, -0.2) is 42.4 Å². The number of rotatable bonds is 7. The number of halogens is 1. The monoisotopic (exact) mass is 370 g/mol. The highest BCUT2D eigenvalue weighted by Crippen LogP contribution is 2.26. The van der Waals surface area contributed by atoms with Crippen LogP contribution in [0.25, 0.3) is 0 Å². The molecule has 1 fully saturated rings. The summed E-state index contributed by atoms with van der Waals surface area (Å²) < 4.78 is 5.62. The molecular weight excluding hydrogens is 348 g/mol. The van der Waals surface area contributed by atoms with Crippen molar-refractivity contribution >= 4 is 11.6 Å². The maximum absolute atomic E-state index is 10.3. The highest BCUT2D eigenvalue weighted by molar-refractivity contribution is 6.31. The molecule has 0 radical (unpaired) electrons. The molecule has 0 aromatic heterocycles. The number of β-amino-alcohol motifs (C(OH)–C–C–N with tert-alkyl or cyclic N) is 1. The molecule has 1 saturated heterocycles. The average Bonchev–Trinajstić information content (AvgIpc) is 3.07. The second-order valence-electron chi connectivity index (χ2n) is 6.79. The molecule has 2 aromatic carbocycles. The summed E-state index contributed by atoms with van der Waals surface area (Å²) in [6.07, 6.45) is 1.63. The van der Waals surface area contributed by atoms with Crippen molar-refractivity contribution in [1.29, 1.82) is 5.26 Å². The van der Waals surface area contributed by atoms with Crippen LogP contribution in [0.15, 0.2) is 48.5 Å². The number of nitriles is 1. The first-order chi connectivity index (χ1) is 12.7. The number of aliphatic hydroxyl groups is 1. The molecule has 2 aromatic rings. The Kier molecular flexibility index (Phi) is 6.51. The van der Waals surface area contributed by atoms with Crippen LogP contribution in [0, 0.1) is 17.2 Å². The standard InChI is InChI=1S/C21H23ClN2O2/c22-20-7-4-8-21(19(20)12-23)26-15-18(25)14-24-10-9-17(13-24)11-16-5-2-1-3-6-16/h1-8,17-18,25H,9-11,13-15H2/t17?,18-/m1/s1. The zero-order valence-electron chi connectivity index (χ0n) is 14.6. The number of hydrogen-bond donors (Lipinski definition) is 1. The lowest BCUT2D eigenvalue weighted by Gasteiger charge is -2.20. The van der Waals surface area contributed by atoms with Gasteiger partial charge in [0.05, 0.1) is 5.02 Å². The minimum absolute atomic E-state index is 0.148. The zero-order valence-corrected chi connectivity index (χ0v) is 15.4. The van der Waals surface area contributed by atoms with E-state index in [-0.39, 0.29) is 6.61 Å². The molecule has 1 heterocycles. The Labute approximate surface area is 159 Å². The van der Waals surface area contributed by atoms with Crippen LogP contribution in [0.5, 0.6) is 5.75 Å². The van der Waals surface area contributed by atoms with Crippen LogP contribution >= 0.6 is 11.6 Å². The van der Waals surface area contributed by atoms with Crippen molar-refractivity contribution in [2.75, 3.05) is 26.2 Å². The number of nitrogens with zero attached hydrogens (tertiary/aromatic N) is 2. The molecule has 0 saturated carbocycles. The third-order valence-electron chi connectivity index (χ3n) is 4.72. The molecule has 0 spiro atoms. The average molecular weight is 371 g/mol. The second kappa shape index (κ2) is 9.05. The summed E-state index contributed by atoms with van der Waals surface area (Å²) >= 11 is 5.99. The van der Waals surface area contributed by atoms with Gasteiger partial charge in [-0.25, -0.2) is 0 Å². The number of benzene rings is 2. The van der Waals surface area contributed by atoms with Crippen molar-refractivity contribution in [3.63, 3.8) is 0 Å². The molecule has 0 amide bonds. The van der Waals surface area contributed by atoms with E-state index in [9.17, 15) is 5.11 Å². The van der Waals surface area contributed by atoms with Crippen molar-refractivity contribution in [1.82, 2.24) is 4.90 Å². The Morgan fingerprint density at radius 2 is 2.04 bits per heavy atom. The second-order valence-corrected chi connectivity index (χ2v) is 7.20. The fourth-order valence-electron chi connectivity index (χ4n) is 3.46. The minimum Gasteiger partial charge on any atom is -0.489 e. The lowest BCUT2D eigenvalue weighted by atomic mass is 9.99. The van der Waals surface area contributed by atoms with Crippen molar-refractivity contribution in [2.45, 2.75) is 18.9 Å². The number of likely N-dealkylation sites (tertiary alicyclic amines) is 1. The number of ether oxygens (including phenoxy) is 1. The van der Waals surface area contributed by atoms with Crippen molar-refractivity contribution in [3.05, 3.63) is 64.7 Å². The van der Waals surface area contributed by atoms with Gasteiger partial charge in [0.2, 0.25) is 0 Å². The Hall–Kier alpha value is -2.06. The normalized spacial score (nSPS) is 18.4. The summed E-state index contributed by atoms with van der Waals surface area (Å²) in [7, 11) is 0. The summed E-state index contributed by atoms with van der Waals surface area (Å²) in [6, 6.07) is 17.7. The van der Waals surface area contributed by atoms with Crippen LogP contribution in [-0.2, 0) is 6.42 Å². The quantitative estimate of drug-likeness (QED) is 0.810. The van der Waals surface area contributed by atoms with Gasteiger partial charge in [-0.05, 0) is 43.0 Å². The van der Waals surface area contributed by atoms with E-state index < -0.39 is 6.10 Å². The van der Waals surface area contributed by atoms with E-state index >= 15 is 0 Å². The van der Waals surface area contributed by atoms with E-state index in [1.165, 1.54) is 5.56 Å². The number of hydrogen-bond acceptors (Lipinski definition) is 4. The summed E-state index contributed by atoms with van der Waals surface area (Å²) in [6.45, 7) is 2.71. The van der Waals surface area contributed by atoms with Gasteiger partial charge in [-0.15, -0.1) is 0 Å². The SMILES string of the molecule is N#Cc1c(Cl)cccc1OC[C@H](O)CN1CCC(Cc2ccccc2)C1. The third-order valence-corrected chi connectivity index (χ3v) is 5.04. The minimum atomic E-state index is -0.601. The Morgan fingerprint density at radius 1 is 1.23 bits per heavy atom. The van der Waals surface area contributed by atoms with Crippen LogP contribution in [0.3, 0.4) is 0 Å². The summed E-state index contributed by atoms with van der Waals surface area (Å²) in [5.41, 5.74) is 1.68. The molecule has 136 valence electrons. The first-order valence-electron chi connectivity index (χ1n) is 8.91. The van der Waals surface area contributed by atoms with E-state index in [0.29, 0.717) is 28.8 Å². The van der Waals surface area contributed by atoms with Gasteiger partial charge in [-0.1, -0.05) is 48.0 Å². The van der Waals surface area contributed by atoms with Gasteiger partial charge in [-0.3, -0.25) is 0 Å². The summed E-state index contributed by atoms with van der Waals surface area (Å²) in [5, 5.41) is 19.8. The summed E-state index contributed by atoms with van der Waals surface area (Å²) in [5.74, 6) is 1.05. The maximum atomic E-state index is 10.3. The molecule has 4 nitrogen and oxygen atoms in total. The van der Waals surface area contributed by atoms with Gasteiger partial charge in [0, 0.05) is 13.1 Å². The molecule has 1 aliphatic heterocycles. The molecule has 1 aliphatic rings. The predicted molar refractivity (Wildman–Crippen MR) is 102 cm³/mol. The van der Waals surface area contributed by atoms with E-state index in [1.54, 1.807) is 18.2 Å². The largest absolute Gasteiger partial charge is 0.489 e. The van der Waals surface area contributed by atoms with E-state index in [0.717, 1.165) is 25.9 Å². The lowest BCUT2D eigenvalue weighted by Crippen LogP contribution is -2.34. The van der Waals surface area contributed by atoms with E-state index in [1.807, 2.05) is 12.1 Å². The Bertz CT molecular complexity index is 760. The highest BCUT2D eigenvalue weighted by atomic mass is 35.5. The van der Waals surface area contributed by atoms with Crippen LogP contribution in [0.2, 0.25) is 5.02 Å². The van der Waals surface area contributed by atoms with Crippen LogP contribution in [0.4, 0.5) is 0 Å². The summed E-state index contributed by atoms with van der Waals surface area (Å²) in [4.78, 5) is 2.28. The first-order valence-corrected chi connectivity index (χ1v) is 9.29. The molecule has 1 unspecified atom stereocenters. The molecule has 3 rings (SSSR count). The molecule has 26 heavy (non-hydrogen) atoms. The molecule has 1 N–H and O–H groups in total. The van der Waals surface area contributed by atoms with Crippen molar-refractivity contribution in [2.24, 2.45) is 5.92 Å². The Morgan fingerprint density at radius 3 is 2.81 bits per heavy atom. The van der Waals surface area contributed by atoms with Crippen LogP contribution in [0.1, 0.15) is 17.5 Å². The van der Waals surface area contributed by atoms with Gasteiger partial charge < -0.3 is 14.7 Å². The molecular formula is C21H23ClN2O2. The Balaban J connectivity index is 1.45. The van der Waals surface area contributed by atoms with Crippen molar-refractivity contribution < 1.29 is 9.84 Å². The topological polar surface area (TPSA) is 56.5 Å². The lowest BCUT2D eigenvalue weighted by molar-refractivity contribution is 0.0746. The molecule has 0 bridgehead atoms. The van der Waals surface area contributed by atoms with E-state index in [2.05, 4.69) is 29.2 Å². The molecule has 2 atom stereocenters. The maximum Gasteiger partial charge on any atom is 0.138 e. The smallest absolute Gasteiger partial charge is 0.138 e. The van der Waals surface area contributed by atoms with Crippen LogP contribution < -0.4 is 4.74 Å².